The van der Waals surface area contributed by atoms with E-state index in [1.807, 2.05) is 13.0 Å². The summed E-state index contributed by atoms with van der Waals surface area (Å²) in [5.41, 5.74) is 0.534. The number of piperidine rings is 1. The normalized spacial score (nSPS) is 22.8. The molecule has 1 aromatic rings. The summed E-state index contributed by atoms with van der Waals surface area (Å²) in [5, 5.41) is 6.27. The van der Waals surface area contributed by atoms with Crippen molar-refractivity contribution >= 4 is 5.91 Å². The Kier molecular flexibility index (Phi) is 4.37. The fourth-order valence-corrected chi connectivity index (χ4v) is 2.26. The molecule has 1 unspecified atom stereocenters. The van der Waals surface area contributed by atoms with E-state index < -0.39 is 5.54 Å². The highest BCUT2D eigenvalue weighted by molar-refractivity contribution is 5.85. The minimum absolute atomic E-state index is 0.0584. The van der Waals surface area contributed by atoms with Gasteiger partial charge in [0.05, 0.1) is 12.6 Å². The molecule has 5 nitrogen and oxygen atoms in total. The van der Waals surface area contributed by atoms with Crippen LogP contribution in [0.4, 0.5) is 0 Å². The summed E-state index contributed by atoms with van der Waals surface area (Å²) in [4.78, 5) is 16.3. The number of pyridine rings is 1. The molecule has 0 spiro atoms. The summed E-state index contributed by atoms with van der Waals surface area (Å²) in [6, 6.07) is 3.70. The molecule has 2 N–H and O–H groups in total. The van der Waals surface area contributed by atoms with E-state index in [0.717, 1.165) is 31.4 Å². The van der Waals surface area contributed by atoms with Crippen LogP contribution >= 0.6 is 0 Å². The number of amides is 1. The lowest BCUT2D eigenvalue weighted by Gasteiger charge is -2.33. The van der Waals surface area contributed by atoms with E-state index in [2.05, 4.69) is 15.6 Å². The van der Waals surface area contributed by atoms with Crippen molar-refractivity contribution in [2.75, 3.05) is 13.7 Å². The van der Waals surface area contributed by atoms with Gasteiger partial charge in [0.1, 0.15) is 0 Å². The first kappa shape index (κ1) is 13.8. The second-order valence-electron chi connectivity index (χ2n) is 5.11. The molecule has 1 amide bonds. The average molecular weight is 263 g/mol. The van der Waals surface area contributed by atoms with E-state index in [9.17, 15) is 4.79 Å². The number of carbonyl (C=O) groups excluding carboxylic acids is 1. The third kappa shape index (κ3) is 3.44. The van der Waals surface area contributed by atoms with Crippen molar-refractivity contribution in [3.8, 4) is 5.88 Å². The van der Waals surface area contributed by atoms with Crippen LogP contribution in [0, 0.1) is 0 Å². The molecule has 0 saturated carbocycles. The highest BCUT2D eigenvalue weighted by Crippen LogP contribution is 2.18. The predicted octanol–water partition coefficient (Wildman–Crippen LogP) is 1.24. The van der Waals surface area contributed by atoms with Crippen molar-refractivity contribution in [2.24, 2.45) is 0 Å². The smallest absolute Gasteiger partial charge is 0.240 e. The molecular weight excluding hydrogens is 242 g/mol. The molecule has 2 rings (SSSR count). The van der Waals surface area contributed by atoms with Gasteiger partial charge in [-0.25, -0.2) is 4.98 Å². The van der Waals surface area contributed by atoms with Gasteiger partial charge >= 0.3 is 0 Å². The molecule has 1 aliphatic heterocycles. The van der Waals surface area contributed by atoms with Crippen LogP contribution < -0.4 is 15.4 Å². The van der Waals surface area contributed by atoms with Crippen LogP contribution in [0.5, 0.6) is 5.88 Å². The van der Waals surface area contributed by atoms with Gasteiger partial charge in [-0.2, -0.15) is 0 Å². The number of hydrogen-bond acceptors (Lipinski definition) is 4. The fraction of sp³-hybridized carbons (Fsp3) is 0.571. The fourth-order valence-electron chi connectivity index (χ4n) is 2.26. The van der Waals surface area contributed by atoms with Crippen molar-refractivity contribution in [2.45, 2.75) is 38.3 Å². The Morgan fingerprint density at radius 1 is 1.53 bits per heavy atom. The Morgan fingerprint density at radius 3 is 2.95 bits per heavy atom. The maximum absolute atomic E-state index is 12.2. The van der Waals surface area contributed by atoms with Gasteiger partial charge in [0.25, 0.3) is 0 Å². The van der Waals surface area contributed by atoms with Crippen LogP contribution in [0.15, 0.2) is 18.3 Å². The predicted molar refractivity (Wildman–Crippen MR) is 72.9 cm³/mol. The van der Waals surface area contributed by atoms with Crippen molar-refractivity contribution < 1.29 is 9.53 Å². The van der Waals surface area contributed by atoms with Gasteiger partial charge in [-0.05, 0) is 38.3 Å². The molecule has 2 heterocycles. The van der Waals surface area contributed by atoms with Crippen LogP contribution in [0.25, 0.3) is 0 Å². The van der Waals surface area contributed by atoms with Crippen LogP contribution in [0.1, 0.15) is 31.7 Å². The largest absolute Gasteiger partial charge is 0.481 e. The van der Waals surface area contributed by atoms with Gasteiger partial charge in [-0.3, -0.25) is 4.79 Å². The third-order valence-corrected chi connectivity index (χ3v) is 3.58. The van der Waals surface area contributed by atoms with E-state index in [0.29, 0.717) is 12.4 Å². The lowest BCUT2D eigenvalue weighted by atomic mass is 9.90. The molecular formula is C14H21N3O2. The quantitative estimate of drug-likeness (QED) is 0.858. The van der Waals surface area contributed by atoms with E-state index >= 15 is 0 Å². The molecule has 19 heavy (non-hydrogen) atoms. The molecule has 1 aliphatic rings. The minimum Gasteiger partial charge on any atom is -0.481 e. The molecule has 5 heteroatoms. The molecule has 0 radical (unpaired) electrons. The number of methoxy groups -OCH3 is 1. The SMILES string of the molecule is COc1ccc(CNC(=O)C2(C)CCCCN2)cn1. The summed E-state index contributed by atoms with van der Waals surface area (Å²) in [5.74, 6) is 0.638. The van der Waals surface area contributed by atoms with Gasteiger partial charge in [-0.1, -0.05) is 6.07 Å². The van der Waals surface area contributed by atoms with Gasteiger partial charge in [0.2, 0.25) is 11.8 Å². The van der Waals surface area contributed by atoms with Crippen LogP contribution in [0.3, 0.4) is 0 Å². The zero-order chi connectivity index (χ0) is 13.7. The van der Waals surface area contributed by atoms with Crippen molar-refractivity contribution in [1.82, 2.24) is 15.6 Å². The molecule has 104 valence electrons. The molecule has 0 bridgehead atoms. The Morgan fingerprint density at radius 2 is 2.37 bits per heavy atom. The Balaban J connectivity index is 1.88. The first-order valence-corrected chi connectivity index (χ1v) is 6.66. The number of aromatic nitrogens is 1. The second-order valence-corrected chi connectivity index (χ2v) is 5.11. The summed E-state index contributed by atoms with van der Waals surface area (Å²) >= 11 is 0. The summed E-state index contributed by atoms with van der Waals surface area (Å²) in [7, 11) is 1.58. The molecule has 1 aromatic heterocycles. The molecule has 0 aliphatic carbocycles. The maximum atomic E-state index is 12.2. The lowest BCUT2D eigenvalue weighted by molar-refractivity contribution is -0.128. The van der Waals surface area contributed by atoms with E-state index in [1.54, 1.807) is 19.4 Å². The van der Waals surface area contributed by atoms with E-state index in [-0.39, 0.29) is 5.91 Å². The minimum atomic E-state index is -0.432. The van der Waals surface area contributed by atoms with Crippen LogP contribution in [0.2, 0.25) is 0 Å². The van der Waals surface area contributed by atoms with Gasteiger partial charge in [0.15, 0.2) is 0 Å². The topological polar surface area (TPSA) is 63.2 Å². The zero-order valence-electron chi connectivity index (χ0n) is 11.5. The van der Waals surface area contributed by atoms with E-state index in [4.69, 9.17) is 4.74 Å². The summed E-state index contributed by atoms with van der Waals surface area (Å²) in [6.07, 6.45) is 4.85. The number of nitrogens with one attached hydrogen (secondary N) is 2. The van der Waals surface area contributed by atoms with Crippen LogP contribution in [-0.4, -0.2) is 30.1 Å². The average Bonchev–Trinajstić information content (AvgIpc) is 2.46. The van der Waals surface area contributed by atoms with Gasteiger partial charge in [-0.15, -0.1) is 0 Å². The lowest BCUT2D eigenvalue weighted by Crippen LogP contribution is -2.56. The monoisotopic (exact) mass is 263 g/mol. The third-order valence-electron chi connectivity index (χ3n) is 3.58. The highest BCUT2D eigenvalue weighted by atomic mass is 16.5. The van der Waals surface area contributed by atoms with Gasteiger partial charge in [0, 0.05) is 18.8 Å². The number of ether oxygens (including phenoxy) is 1. The zero-order valence-corrected chi connectivity index (χ0v) is 11.5. The summed E-state index contributed by atoms with van der Waals surface area (Å²) < 4.78 is 5.00. The number of hydrogen-bond donors (Lipinski definition) is 2. The Labute approximate surface area is 113 Å². The van der Waals surface area contributed by atoms with E-state index in [1.165, 1.54) is 0 Å². The standard InChI is InChI=1S/C14H21N3O2/c1-14(7-3-4-8-17-14)13(18)16-10-11-5-6-12(19-2)15-9-11/h5-6,9,17H,3-4,7-8,10H2,1-2H3,(H,16,18). The second kappa shape index (κ2) is 6.02. The Hall–Kier alpha value is -1.62. The van der Waals surface area contributed by atoms with Crippen molar-refractivity contribution in [1.29, 1.82) is 0 Å². The Bertz CT molecular complexity index is 425. The van der Waals surface area contributed by atoms with Gasteiger partial charge < -0.3 is 15.4 Å². The first-order valence-electron chi connectivity index (χ1n) is 6.66. The van der Waals surface area contributed by atoms with Crippen molar-refractivity contribution in [3.63, 3.8) is 0 Å². The summed E-state index contributed by atoms with van der Waals surface area (Å²) in [6.45, 7) is 3.37. The molecule has 0 aromatic carbocycles. The maximum Gasteiger partial charge on any atom is 0.240 e. The first-order chi connectivity index (χ1) is 9.14. The highest BCUT2D eigenvalue weighted by Gasteiger charge is 2.33. The number of carbonyl (C=O) groups is 1. The number of nitrogens with zero attached hydrogens (tertiary/aromatic N) is 1. The van der Waals surface area contributed by atoms with Crippen LogP contribution in [-0.2, 0) is 11.3 Å². The molecule has 1 fully saturated rings. The molecule has 1 saturated heterocycles. The molecule has 1 atom stereocenters. The number of rotatable bonds is 4. The van der Waals surface area contributed by atoms with Crippen molar-refractivity contribution in [3.05, 3.63) is 23.9 Å².